The number of aromatic amines is 1. The molecule has 0 aliphatic carbocycles. The fourth-order valence-corrected chi connectivity index (χ4v) is 2.97. The molecule has 9 heteroatoms. The van der Waals surface area contributed by atoms with E-state index in [9.17, 15) is 9.59 Å². The molecule has 1 N–H and O–H groups in total. The van der Waals surface area contributed by atoms with Crippen LogP contribution in [-0.2, 0) is 18.2 Å². The number of aromatic nitrogens is 4. The molecule has 1 aliphatic rings. The van der Waals surface area contributed by atoms with Crippen LogP contribution >= 0.6 is 0 Å². The summed E-state index contributed by atoms with van der Waals surface area (Å²) in [4.78, 5) is 32.5. The number of hydrogen-bond acceptors (Lipinski definition) is 6. The number of carbonyl (C=O) groups is 1. The van der Waals surface area contributed by atoms with E-state index in [1.807, 2.05) is 6.92 Å². The molecule has 1 saturated heterocycles. The van der Waals surface area contributed by atoms with Gasteiger partial charge in [0.05, 0.1) is 12.7 Å². The first-order chi connectivity index (χ1) is 12.5. The van der Waals surface area contributed by atoms with E-state index in [2.05, 4.69) is 15.2 Å². The van der Waals surface area contributed by atoms with Crippen LogP contribution in [0.3, 0.4) is 0 Å². The number of nitrogens with one attached hydrogen (secondary N) is 1. The Balaban J connectivity index is 1.65. The van der Waals surface area contributed by atoms with E-state index in [0.29, 0.717) is 37.8 Å². The first-order valence-electron chi connectivity index (χ1n) is 8.67. The second kappa shape index (κ2) is 7.69. The third kappa shape index (κ3) is 3.77. The molecule has 3 heterocycles. The first-order valence-corrected chi connectivity index (χ1v) is 8.67. The lowest BCUT2D eigenvalue weighted by Crippen LogP contribution is -2.50. The highest BCUT2D eigenvalue weighted by atomic mass is 16.5. The summed E-state index contributed by atoms with van der Waals surface area (Å²) in [6.07, 6.45) is 3.81. The maximum atomic E-state index is 12.6. The van der Waals surface area contributed by atoms with Gasteiger partial charge >= 0.3 is 0 Å². The second-order valence-electron chi connectivity index (χ2n) is 6.42. The van der Waals surface area contributed by atoms with Gasteiger partial charge in [-0.15, -0.1) is 0 Å². The molecule has 0 spiro atoms. The van der Waals surface area contributed by atoms with Crippen LogP contribution in [0.15, 0.2) is 23.3 Å². The summed E-state index contributed by atoms with van der Waals surface area (Å²) in [5, 5.41) is 6.97. The zero-order valence-electron chi connectivity index (χ0n) is 15.3. The summed E-state index contributed by atoms with van der Waals surface area (Å²) < 4.78 is 7.27. The van der Waals surface area contributed by atoms with Crippen LogP contribution in [0.5, 0.6) is 0 Å². The molecule has 9 nitrogen and oxygen atoms in total. The molecule has 1 amide bonds. The van der Waals surface area contributed by atoms with Gasteiger partial charge in [-0.25, -0.2) is 4.98 Å². The lowest BCUT2D eigenvalue weighted by atomic mass is 10.2. The topological polar surface area (TPSA) is 96.3 Å². The van der Waals surface area contributed by atoms with Gasteiger partial charge in [-0.2, -0.15) is 5.10 Å². The van der Waals surface area contributed by atoms with Crippen molar-refractivity contribution < 1.29 is 9.53 Å². The Morgan fingerprint density at radius 2 is 2.31 bits per heavy atom. The molecule has 0 aromatic carbocycles. The summed E-state index contributed by atoms with van der Waals surface area (Å²) in [7, 11) is 3.49. The van der Waals surface area contributed by atoms with Gasteiger partial charge in [0.25, 0.3) is 11.5 Å². The number of aryl methyl sites for hydroxylation is 2. The molecule has 0 radical (unpaired) electrons. The predicted molar refractivity (Wildman–Crippen MR) is 96.4 cm³/mol. The summed E-state index contributed by atoms with van der Waals surface area (Å²) in [5.41, 5.74) is 1.20. The van der Waals surface area contributed by atoms with E-state index in [1.165, 1.54) is 4.57 Å². The van der Waals surface area contributed by atoms with E-state index in [1.54, 1.807) is 42.4 Å². The van der Waals surface area contributed by atoms with E-state index in [-0.39, 0.29) is 17.6 Å². The van der Waals surface area contributed by atoms with Gasteiger partial charge in [0.15, 0.2) is 5.82 Å². The summed E-state index contributed by atoms with van der Waals surface area (Å²) >= 11 is 0. The van der Waals surface area contributed by atoms with Gasteiger partial charge < -0.3 is 19.1 Å². The first kappa shape index (κ1) is 18.1. The van der Waals surface area contributed by atoms with Crippen molar-refractivity contribution >= 4 is 11.7 Å². The largest absolute Gasteiger partial charge is 0.373 e. The number of nitrogens with zero attached hydrogens (tertiary/aromatic N) is 5. The van der Waals surface area contributed by atoms with E-state index in [0.717, 1.165) is 12.1 Å². The van der Waals surface area contributed by atoms with Crippen molar-refractivity contribution in [1.29, 1.82) is 0 Å². The molecule has 1 aliphatic heterocycles. The number of amides is 1. The fraction of sp³-hybridized carbons (Fsp3) is 0.529. The van der Waals surface area contributed by atoms with Gasteiger partial charge in [-0.05, 0) is 12.5 Å². The van der Waals surface area contributed by atoms with Crippen LogP contribution in [0.4, 0.5) is 5.82 Å². The normalized spacial score (nSPS) is 17.3. The molecule has 1 atom stereocenters. The Morgan fingerprint density at radius 3 is 3.04 bits per heavy atom. The number of morpholine rings is 1. The monoisotopic (exact) mass is 360 g/mol. The van der Waals surface area contributed by atoms with E-state index >= 15 is 0 Å². The Hall–Kier alpha value is -2.68. The Bertz CT molecular complexity index is 830. The van der Waals surface area contributed by atoms with Gasteiger partial charge in [-0.1, -0.05) is 6.92 Å². The maximum absolute atomic E-state index is 12.6. The Kier molecular flexibility index (Phi) is 5.36. The third-order valence-corrected chi connectivity index (χ3v) is 4.49. The highest BCUT2D eigenvalue weighted by Gasteiger charge is 2.27. The molecular weight excluding hydrogens is 336 g/mol. The molecular formula is C17H24N6O3. The number of ether oxygens (including phenoxy) is 1. The molecule has 3 rings (SSSR count). The third-order valence-electron chi connectivity index (χ3n) is 4.49. The Morgan fingerprint density at radius 1 is 1.50 bits per heavy atom. The van der Waals surface area contributed by atoms with Crippen LogP contribution < -0.4 is 10.5 Å². The van der Waals surface area contributed by atoms with Gasteiger partial charge in [-0.3, -0.25) is 14.7 Å². The quantitative estimate of drug-likeness (QED) is 0.809. The molecule has 2 aromatic heterocycles. The van der Waals surface area contributed by atoms with Gasteiger partial charge in [0.1, 0.15) is 5.69 Å². The number of carbonyl (C=O) groups excluding carboxylic acids is 1. The highest BCUT2D eigenvalue weighted by molar-refractivity contribution is 5.92. The van der Waals surface area contributed by atoms with Crippen molar-refractivity contribution in [3.8, 4) is 0 Å². The average molecular weight is 360 g/mol. The zero-order chi connectivity index (χ0) is 18.7. The van der Waals surface area contributed by atoms with Crippen LogP contribution in [0.2, 0.25) is 0 Å². The number of rotatable bonds is 5. The summed E-state index contributed by atoms with van der Waals surface area (Å²) in [6.45, 7) is 3.90. The minimum absolute atomic E-state index is 0.106. The molecule has 2 aromatic rings. The lowest BCUT2D eigenvalue weighted by Gasteiger charge is -2.34. The molecule has 140 valence electrons. The van der Waals surface area contributed by atoms with Crippen molar-refractivity contribution in [3.63, 3.8) is 0 Å². The average Bonchev–Trinajstić information content (AvgIpc) is 3.12. The summed E-state index contributed by atoms with van der Waals surface area (Å²) in [6, 6.07) is 1.79. The van der Waals surface area contributed by atoms with Crippen LogP contribution in [0, 0.1) is 0 Å². The predicted octanol–water partition coefficient (Wildman–Crippen LogP) is 0.0432. The molecule has 0 saturated carbocycles. The van der Waals surface area contributed by atoms with Crippen LogP contribution in [0.25, 0.3) is 0 Å². The standard InChI is InChI=1S/C17H24N6O3/c1-4-12-9-14(20-19-12)16(24)23-7-8-26-13(11-23)10-22(3)15-17(25)21(2)6-5-18-15/h5-6,9,13H,4,7-8,10-11H2,1-3H3,(H,19,20)/t13-/m1/s1. The van der Waals surface area contributed by atoms with Crippen LogP contribution in [0.1, 0.15) is 23.1 Å². The SMILES string of the molecule is CCc1cc(C(=O)N2CCO[C@H](CN(C)c3nccn(C)c3=O)C2)n[nH]1. The van der Waals surface area contributed by atoms with Crippen molar-refractivity contribution in [3.05, 3.63) is 40.2 Å². The molecule has 1 fully saturated rings. The van der Waals surface area contributed by atoms with Gasteiger partial charge in [0, 0.05) is 51.8 Å². The number of hydrogen-bond donors (Lipinski definition) is 1. The lowest BCUT2D eigenvalue weighted by molar-refractivity contribution is -0.0174. The Labute approximate surface area is 151 Å². The number of H-pyrrole nitrogens is 1. The van der Waals surface area contributed by atoms with Gasteiger partial charge in [0.2, 0.25) is 0 Å². The van der Waals surface area contributed by atoms with Crippen molar-refractivity contribution in [2.45, 2.75) is 19.4 Å². The van der Waals surface area contributed by atoms with Crippen molar-refractivity contribution in [2.24, 2.45) is 7.05 Å². The minimum atomic E-state index is -0.200. The fourth-order valence-electron chi connectivity index (χ4n) is 2.97. The van der Waals surface area contributed by atoms with Crippen molar-refractivity contribution in [2.75, 3.05) is 38.2 Å². The van der Waals surface area contributed by atoms with E-state index < -0.39 is 0 Å². The maximum Gasteiger partial charge on any atom is 0.293 e. The molecule has 26 heavy (non-hydrogen) atoms. The zero-order valence-corrected chi connectivity index (χ0v) is 15.3. The van der Waals surface area contributed by atoms with Crippen LogP contribution in [-0.4, -0.2) is 69.9 Å². The second-order valence-corrected chi connectivity index (χ2v) is 6.42. The minimum Gasteiger partial charge on any atom is -0.373 e. The molecule has 0 bridgehead atoms. The number of likely N-dealkylation sites (N-methyl/N-ethyl adjacent to an activating group) is 1. The number of anilines is 1. The smallest absolute Gasteiger partial charge is 0.293 e. The highest BCUT2D eigenvalue weighted by Crippen LogP contribution is 2.12. The van der Waals surface area contributed by atoms with E-state index in [4.69, 9.17) is 4.74 Å². The summed E-state index contributed by atoms with van der Waals surface area (Å²) in [5.74, 6) is 0.257. The van der Waals surface area contributed by atoms with Crippen molar-refractivity contribution in [1.82, 2.24) is 24.6 Å². The molecule has 0 unspecified atom stereocenters.